The molecule has 12 heavy (non-hydrogen) atoms. The van der Waals surface area contributed by atoms with Gasteiger partial charge in [0.25, 0.3) is 0 Å². The number of hydrogen-bond acceptors (Lipinski definition) is 4. The number of nitrogens with zero attached hydrogens (tertiary/aromatic N) is 2. The summed E-state index contributed by atoms with van der Waals surface area (Å²) >= 11 is 0. The zero-order valence-electron chi connectivity index (χ0n) is 6.65. The van der Waals surface area contributed by atoms with Gasteiger partial charge in [-0.1, -0.05) is 13.3 Å². The molecule has 0 aromatic heterocycles. The van der Waals surface area contributed by atoms with Crippen LogP contribution in [0, 0.1) is 20.2 Å². The molecule has 0 aromatic carbocycles. The van der Waals surface area contributed by atoms with Gasteiger partial charge in [0.2, 0.25) is 0 Å². The molecule has 0 heterocycles. The summed E-state index contributed by atoms with van der Waals surface area (Å²) < 4.78 is 0. The number of nitrogens with one attached hydrogen (secondary N) is 1. The van der Waals surface area contributed by atoms with Crippen molar-refractivity contribution in [2.45, 2.75) is 32.0 Å². The normalized spacial score (nSPS) is 11.2. The van der Waals surface area contributed by atoms with Crippen LogP contribution in [0.3, 0.4) is 0 Å². The molecule has 0 bridgehead atoms. The van der Waals surface area contributed by atoms with E-state index in [4.69, 9.17) is 5.73 Å². The minimum absolute atomic E-state index is 0.311. The Morgan fingerprint density at radius 1 is 1.33 bits per heavy atom. The number of hydrogen-bond donors (Lipinski definition) is 0. The molecule has 0 aliphatic carbocycles. The third-order valence-electron chi connectivity index (χ3n) is 1.48. The Balaban J connectivity index is 4.40. The summed E-state index contributed by atoms with van der Waals surface area (Å²) in [6.45, 7) is 1.75. The topological polar surface area (TPSA) is 110 Å². The van der Waals surface area contributed by atoms with Crippen molar-refractivity contribution in [3.8, 4) is 0 Å². The van der Waals surface area contributed by atoms with Gasteiger partial charge in [-0.3, -0.25) is 20.2 Å². The van der Waals surface area contributed by atoms with Gasteiger partial charge >= 0.3 is 5.79 Å². The first-order valence-electron chi connectivity index (χ1n) is 3.49. The highest BCUT2D eigenvalue weighted by molar-refractivity contribution is 4.56. The van der Waals surface area contributed by atoms with Crippen molar-refractivity contribution in [3.05, 3.63) is 20.2 Å². The third-order valence-corrected chi connectivity index (χ3v) is 1.48. The molecule has 0 atom stereocenters. The van der Waals surface area contributed by atoms with Crippen LogP contribution in [0.25, 0.3) is 0 Å². The first kappa shape index (κ1) is 10.8. The Morgan fingerprint density at radius 3 is 2.00 bits per heavy atom. The van der Waals surface area contributed by atoms with Crippen molar-refractivity contribution in [2.24, 2.45) is 0 Å². The van der Waals surface area contributed by atoms with Gasteiger partial charge in [-0.2, -0.15) is 0 Å². The Morgan fingerprint density at radius 2 is 1.75 bits per heavy atom. The molecule has 0 rings (SSSR count). The maximum absolute atomic E-state index is 10.1. The molecule has 0 aliphatic rings. The SMILES string of the molecule is CCCCC([NH])([N+](=O)[O-])[N+](=O)[O-]. The number of rotatable bonds is 5. The summed E-state index contributed by atoms with van der Waals surface area (Å²) in [5.41, 5.74) is 6.94. The van der Waals surface area contributed by atoms with Gasteiger partial charge in [0.1, 0.15) is 16.3 Å². The summed E-state index contributed by atoms with van der Waals surface area (Å²) in [6.07, 6.45) is 0.567. The standard InChI is InChI=1S/C5H10N3O4/c1-2-3-4-5(6,7(9)10)8(11)12/h6H,2-4H2,1H3. The second-order valence-corrected chi connectivity index (χ2v) is 2.43. The monoisotopic (exact) mass is 176 g/mol. The minimum atomic E-state index is -2.75. The summed E-state index contributed by atoms with van der Waals surface area (Å²) in [5, 5.41) is 20.3. The highest BCUT2D eigenvalue weighted by Crippen LogP contribution is 2.14. The quantitative estimate of drug-likeness (QED) is 0.348. The van der Waals surface area contributed by atoms with Gasteiger partial charge in [0.05, 0.1) is 0 Å². The average Bonchev–Trinajstić information content (AvgIpc) is 1.99. The van der Waals surface area contributed by atoms with Crippen molar-refractivity contribution in [2.75, 3.05) is 0 Å². The lowest BCUT2D eigenvalue weighted by Crippen LogP contribution is -2.47. The summed E-state index contributed by atoms with van der Waals surface area (Å²) in [4.78, 5) is 18.0. The zero-order valence-corrected chi connectivity index (χ0v) is 6.65. The van der Waals surface area contributed by atoms with E-state index in [2.05, 4.69) is 0 Å². The van der Waals surface area contributed by atoms with Crippen molar-refractivity contribution < 1.29 is 9.85 Å². The maximum atomic E-state index is 10.1. The summed E-state index contributed by atoms with van der Waals surface area (Å²) in [7, 11) is 0. The van der Waals surface area contributed by atoms with Crippen molar-refractivity contribution in [1.29, 1.82) is 0 Å². The molecular weight excluding hydrogens is 166 g/mol. The van der Waals surface area contributed by atoms with Crippen LogP contribution in [0.1, 0.15) is 26.2 Å². The molecule has 69 valence electrons. The molecule has 0 saturated heterocycles. The largest absolute Gasteiger partial charge is 0.533 e. The average molecular weight is 176 g/mol. The fraction of sp³-hybridized carbons (Fsp3) is 1.00. The molecule has 0 amide bonds. The minimum Gasteiger partial charge on any atom is -0.257 e. The van der Waals surface area contributed by atoms with E-state index in [1.165, 1.54) is 0 Å². The number of nitro groups is 2. The van der Waals surface area contributed by atoms with Crippen molar-refractivity contribution in [3.63, 3.8) is 0 Å². The molecular formula is C5H10N3O4. The van der Waals surface area contributed by atoms with Gasteiger partial charge in [-0.15, -0.1) is 5.73 Å². The van der Waals surface area contributed by atoms with Crippen LogP contribution in [0.15, 0.2) is 0 Å². The van der Waals surface area contributed by atoms with Crippen molar-refractivity contribution >= 4 is 0 Å². The van der Waals surface area contributed by atoms with E-state index in [1.54, 1.807) is 6.92 Å². The third kappa shape index (κ3) is 2.12. The van der Waals surface area contributed by atoms with Gasteiger partial charge in [0, 0.05) is 0 Å². The maximum Gasteiger partial charge on any atom is 0.533 e. The molecule has 7 nitrogen and oxygen atoms in total. The first-order valence-corrected chi connectivity index (χ1v) is 3.49. The van der Waals surface area contributed by atoms with Crippen LogP contribution in [0.4, 0.5) is 0 Å². The van der Waals surface area contributed by atoms with E-state index in [1.807, 2.05) is 0 Å². The van der Waals surface area contributed by atoms with Crippen LogP contribution in [-0.4, -0.2) is 15.6 Å². The molecule has 7 heteroatoms. The molecule has 0 fully saturated rings. The second-order valence-electron chi connectivity index (χ2n) is 2.43. The van der Waals surface area contributed by atoms with Crippen LogP contribution >= 0.6 is 0 Å². The highest BCUT2D eigenvalue weighted by atomic mass is 16.7. The molecule has 0 aliphatic heterocycles. The molecule has 1 radical (unpaired) electrons. The highest BCUT2D eigenvalue weighted by Gasteiger charge is 2.52. The summed E-state index contributed by atoms with van der Waals surface area (Å²) in [5.74, 6) is -2.75. The number of unbranched alkanes of at least 4 members (excludes halogenated alkanes) is 1. The Bertz CT molecular complexity index is 179. The Hall–Kier alpha value is -1.24. The first-order chi connectivity index (χ1) is 5.45. The lowest BCUT2D eigenvalue weighted by Gasteiger charge is -2.09. The van der Waals surface area contributed by atoms with Crippen molar-refractivity contribution in [1.82, 2.24) is 5.73 Å². The van der Waals surface area contributed by atoms with E-state index in [0.717, 1.165) is 0 Å². The van der Waals surface area contributed by atoms with E-state index in [9.17, 15) is 20.2 Å². The zero-order chi connectivity index (χ0) is 9.78. The van der Waals surface area contributed by atoms with E-state index < -0.39 is 15.6 Å². The second kappa shape index (κ2) is 3.96. The molecule has 0 saturated carbocycles. The van der Waals surface area contributed by atoms with E-state index in [-0.39, 0.29) is 6.42 Å². The van der Waals surface area contributed by atoms with Crippen LogP contribution in [0.5, 0.6) is 0 Å². The van der Waals surface area contributed by atoms with Gasteiger partial charge in [0.15, 0.2) is 0 Å². The Labute approximate surface area is 68.8 Å². The molecule has 0 unspecified atom stereocenters. The van der Waals surface area contributed by atoms with Crippen LogP contribution in [0.2, 0.25) is 0 Å². The van der Waals surface area contributed by atoms with Gasteiger partial charge < -0.3 is 0 Å². The predicted octanol–water partition coefficient (Wildman–Crippen LogP) is 0.667. The lowest BCUT2D eigenvalue weighted by molar-refractivity contribution is -0.799. The lowest BCUT2D eigenvalue weighted by atomic mass is 10.2. The predicted molar refractivity (Wildman–Crippen MR) is 39.3 cm³/mol. The fourth-order valence-corrected chi connectivity index (χ4v) is 0.673. The Kier molecular flexibility index (Phi) is 3.55. The van der Waals surface area contributed by atoms with E-state index >= 15 is 0 Å². The summed E-state index contributed by atoms with van der Waals surface area (Å²) in [6, 6.07) is 0. The van der Waals surface area contributed by atoms with Gasteiger partial charge in [-0.25, -0.2) is 0 Å². The fourth-order valence-electron chi connectivity index (χ4n) is 0.673. The molecule has 1 N–H and O–H groups in total. The molecule has 0 aromatic rings. The smallest absolute Gasteiger partial charge is 0.257 e. The van der Waals surface area contributed by atoms with Crippen LogP contribution in [-0.2, 0) is 0 Å². The molecule has 0 spiro atoms. The van der Waals surface area contributed by atoms with Gasteiger partial charge in [-0.05, 0) is 6.42 Å². The van der Waals surface area contributed by atoms with E-state index in [0.29, 0.717) is 12.8 Å². The van der Waals surface area contributed by atoms with Crippen LogP contribution < -0.4 is 5.73 Å².